The van der Waals surface area contributed by atoms with Crippen molar-refractivity contribution in [3.63, 3.8) is 0 Å². The Morgan fingerprint density at radius 3 is 2.00 bits per heavy atom. The molecular formula is C14H24N2O3. The molecule has 19 heavy (non-hydrogen) atoms. The van der Waals surface area contributed by atoms with Crippen LogP contribution in [-0.4, -0.2) is 53.1 Å². The van der Waals surface area contributed by atoms with Crippen LogP contribution in [0.4, 0.5) is 4.79 Å². The molecular weight excluding hydrogens is 244 g/mol. The lowest BCUT2D eigenvalue weighted by molar-refractivity contribution is -0.135. The Bertz CT molecular complexity index is 325. The van der Waals surface area contributed by atoms with Gasteiger partial charge in [0.1, 0.15) is 0 Å². The smallest absolute Gasteiger partial charge is 0.407 e. The van der Waals surface area contributed by atoms with Crippen molar-refractivity contribution in [2.75, 3.05) is 26.2 Å². The maximum Gasteiger partial charge on any atom is 0.407 e. The van der Waals surface area contributed by atoms with E-state index < -0.39 is 6.09 Å². The molecule has 5 heteroatoms. The van der Waals surface area contributed by atoms with Gasteiger partial charge in [0, 0.05) is 32.1 Å². The maximum atomic E-state index is 12.5. The normalized spacial score (nSPS) is 22.7. The number of carbonyl (C=O) groups is 2. The maximum absolute atomic E-state index is 12.5. The molecule has 108 valence electrons. The van der Waals surface area contributed by atoms with Crippen LogP contribution in [0.15, 0.2) is 0 Å². The SMILES string of the molecule is O=C(O)N1CCCN(C(=O)C2CCCCCC2)CC1. The van der Waals surface area contributed by atoms with E-state index in [1.807, 2.05) is 4.90 Å². The molecule has 0 aromatic carbocycles. The first-order chi connectivity index (χ1) is 9.18. The minimum atomic E-state index is -0.872. The van der Waals surface area contributed by atoms with Crippen LogP contribution in [0, 0.1) is 5.92 Å². The molecule has 5 nitrogen and oxygen atoms in total. The van der Waals surface area contributed by atoms with E-state index in [1.54, 1.807) is 0 Å². The Balaban J connectivity index is 1.89. The quantitative estimate of drug-likeness (QED) is 0.741. The number of rotatable bonds is 1. The topological polar surface area (TPSA) is 60.9 Å². The van der Waals surface area contributed by atoms with Gasteiger partial charge in [-0.25, -0.2) is 4.79 Å². The minimum Gasteiger partial charge on any atom is -0.465 e. The molecule has 0 unspecified atom stereocenters. The summed E-state index contributed by atoms with van der Waals surface area (Å²) < 4.78 is 0. The fourth-order valence-corrected chi connectivity index (χ4v) is 3.11. The lowest BCUT2D eigenvalue weighted by atomic mass is 9.98. The van der Waals surface area contributed by atoms with Gasteiger partial charge in [-0.2, -0.15) is 0 Å². The van der Waals surface area contributed by atoms with E-state index >= 15 is 0 Å². The van der Waals surface area contributed by atoms with E-state index in [9.17, 15) is 9.59 Å². The van der Waals surface area contributed by atoms with E-state index in [1.165, 1.54) is 17.7 Å². The molecule has 0 spiro atoms. The van der Waals surface area contributed by atoms with Gasteiger partial charge < -0.3 is 14.9 Å². The standard InChI is InChI=1S/C14H24N2O3/c17-13(12-6-3-1-2-4-7-12)15-8-5-9-16(11-10-15)14(18)19/h12H,1-11H2,(H,18,19). The van der Waals surface area contributed by atoms with Crippen molar-refractivity contribution >= 4 is 12.0 Å². The highest BCUT2D eigenvalue weighted by Crippen LogP contribution is 2.25. The molecule has 0 radical (unpaired) electrons. The number of hydrogen-bond donors (Lipinski definition) is 1. The molecule has 1 saturated heterocycles. The molecule has 0 aromatic rings. The zero-order chi connectivity index (χ0) is 13.7. The molecule has 1 aliphatic heterocycles. The largest absolute Gasteiger partial charge is 0.465 e. The highest BCUT2D eigenvalue weighted by atomic mass is 16.4. The second-order valence-corrected chi connectivity index (χ2v) is 5.64. The van der Waals surface area contributed by atoms with E-state index in [4.69, 9.17) is 5.11 Å². The highest BCUT2D eigenvalue weighted by Gasteiger charge is 2.27. The minimum absolute atomic E-state index is 0.180. The number of amides is 2. The molecule has 2 rings (SSSR count). The van der Waals surface area contributed by atoms with Crippen LogP contribution in [0.25, 0.3) is 0 Å². The second-order valence-electron chi connectivity index (χ2n) is 5.64. The summed E-state index contributed by atoms with van der Waals surface area (Å²) in [5.74, 6) is 0.438. The monoisotopic (exact) mass is 268 g/mol. The lowest BCUT2D eigenvalue weighted by Crippen LogP contribution is -2.39. The molecule has 1 N–H and O–H groups in total. The number of nitrogens with zero attached hydrogens (tertiary/aromatic N) is 2. The Hall–Kier alpha value is -1.26. The number of carboxylic acid groups (broad SMARTS) is 1. The summed E-state index contributed by atoms with van der Waals surface area (Å²) in [6, 6.07) is 0. The van der Waals surface area contributed by atoms with E-state index in [2.05, 4.69) is 0 Å². The third-order valence-electron chi connectivity index (χ3n) is 4.28. The van der Waals surface area contributed by atoms with Crippen LogP contribution >= 0.6 is 0 Å². The third-order valence-corrected chi connectivity index (χ3v) is 4.28. The van der Waals surface area contributed by atoms with Gasteiger partial charge in [0.25, 0.3) is 0 Å². The van der Waals surface area contributed by atoms with Crippen molar-refractivity contribution in [2.45, 2.75) is 44.9 Å². The van der Waals surface area contributed by atoms with Crippen molar-refractivity contribution in [3.8, 4) is 0 Å². The summed E-state index contributed by atoms with van der Waals surface area (Å²) in [6.45, 7) is 2.26. The fourth-order valence-electron chi connectivity index (χ4n) is 3.11. The van der Waals surface area contributed by atoms with Crippen LogP contribution in [0.1, 0.15) is 44.9 Å². The third kappa shape index (κ3) is 3.85. The van der Waals surface area contributed by atoms with E-state index in [-0.39, 0.29) is 11.8 Å². The molecule has 0 bridgehead atoms. The Labute approximate surface area is 114 Å². The predicted molar refractivity (Wildman–Crippen MR) is 72.0 cm³/mol. The van der Waals surface area contributed by atoms with Crippen molar-refractivity contribution in [1.82, 2.24) is 9.80 Å². The van der Waals surface area contributed by atoms with Gasteiger partial charge in [0.05, 0.1) is 0 Å². The van der Waals surface area contributed by atoms with Crippen LogP contribution in [-0.2, 0) is 4.79 Å². The first kappa shape index (κ1) is 14.2. The van der Waals surface area contributed by atoms with E-state index in [0.29, 0.717) is 26.2 Å². The van der Waals surface area contributed by atoms with Crippen molar-refractivity contribution in [2.24, 2.45) is 5.92 Å². The molecule has 1 aliphatic carbocycles. The van der Waals surface area contributed by atoms with Gasteiger partial charge in [-0.3, -0.25) is 4.79 Å². The summed E-state index contributed by atoms with van der Waals surface area (Å²) in [6.07, 6.45) is 6.72. The van der Waals surface area contributed by atoms with Gasteiger partial charge in [0.15, 0.2) is 0 Å². The molecule has 0 atom stereocenters. The summed E-state index contributed by atoms with van der Waals surface area (Å²) in [7, 11) is 0. The Morgan fingerprint density at radius 2 is 1.37 bits per heavy atom. The van der Waals surface area contributed by atoms with Gasteiger partial charge in [-0.05, 0) is 19.3 Å². The van der Waals surface area contributed by atoms with Gasteiger partial charge in [0.2, 0.25) is 5.91 Å². The average Bonchev–Trinajstić information content (AvgIpc) is 2.80. The van der Waals surface area contributed by atoms with Crippen molar-refractivity contribution in [3.05, 3.63) is 0 Å². The van der Waals surface area contributed by atoms with Crippen molar-refractivity contribution < 1.29 is 14.7 Å². The van der Waals surface area contributed by atoms with Crippen LogP contribution in [0.5, 0.6) is 0 Å². The summed E-state index contributed by atoms with van der Waals surface area (Å²) in [5.41, 5.74) is 0. The van der Waals surface area contributed by atoms with Gasteiger partial charge >= 0.3 is 6.09 Å². The molecule has 1 heterocycles. The Kier molecular flexibility index (Phi) is 5.05. The lowest BCUT2D eigenvalue weighted by Gasteiger charge is -2.25. The molecule has 2 fully saturated rings. The number of hydrogen-bond acceptors (Lipinski definition) is 2. The highest BCUT2D eigenvalue weighted by molar-refractivity contribution is 5.79. The summed E-state index contributed by atoms with van der Waals surface area (Å²) >= 11 is 0. The molecule has 2 amide bonds. The zero-order valence-electron chi connectivity index (χ0n) is 11.5. The van der Waals surface area contributed by atoms with Gasteiger partial charge in [-0.1, -0.05) is 25.7 Å². The van der Waals surface area contributed by atoms with Crippen LogP contribution in [0.2, 0.25) is 0 Å². The summed E-state index contributed by atoms with van der Waals surface area (Å²) in [4.78, 5) is 26.8. The van der Waals surface area contributed by atoms with Gasteiger partial charge in [-0.15, -0.1) is 0 Å². The van der Waals surface area contributed by atoms with Crippen LogP contribution in [0.3, 0.4) is 0 Å². The molecule has 0 aromatic heterocycles. The fraction of sp³-hybridized carbons (Fsp3) is 0.857. The first-order valence-corrected chi connectivity index (χ1v) is 7.45. The zero-order valence-corrected chi connectivity index (χ0v) is 11.5. The van der Waals surface area contributed by atoms with Crippen LogP contribution < -0.4 is 0 Å². The Morgan fingerprint density at radius 1 is 0.789 bits per heavy atom. The second kappa shape index (κ2) is 6.78. The predicted octanol–water partition coefficient (Wildman–Crippen LogP) is 2.17. The first-order valence-electron chi connectivity index (χ1n) is 7.45. The molecule has 2 aliphatic rings. The molecule has 1 saturated carbocycles. The summed E-state index contributed by atoms with van der Waals surface area (Å²) in [5, 5.41) is 9.00. The average molecular weight is 268 g/mol. The van der Waals surface area contributed by atoms with Crippen molar-refractivity contribution in [1.29, 1.82) is 0 Å². The number of carbonyl (C=O) groups excluding carboxylic acids is 1. The van der Waals surface area contributed by atoms with E-state index in [0.717, 1.165) is 32.1 Å².